The molecule has 1 aromatic heterocycles. The second kappa shape index (κ2) is 8.13. The second-order valence-electron chi connectivity index (χ2n) is 8.55. The first-order valence-electron chi connectivity index (χ1n) is 10.8. The summed E-state index contributed by atoms with van der Waals surface area (Å²) in [6.07, 6.45) is 5.75. The van der Waals surface area contributed by atoms with E-state index < -0.39 is 0 Å². The van der Waals surface area contributed by atoms with Gasteiger partial charge in [-0.2, -0.15) is 0 Å². The third-order valence-corrected chi connectivity index (χ3v) is 6.33. The molecule has 1 aromatic carbocycles. The number of carbonyl (C=O) groups excluding carboxylic acids is 2. The van der Waals surface area contributed by atoms with Crippen LogP contribution in [0.2, 0.25) is 0 Å². The van der Waals surface area contributed by atoms with E-state index in [9.17, 15) is 9.59 Å². The molecule has 1 saturated heterocycles. The van der Waals surface area contributed by atoms with Crippen molar-refractivity contribution in [1.82, 2.24) is 4.90 Å². The summed E-state index contributed by atoms with van der Waals surface area (Å²) in [7, 11) is 0. The Bertz CT molecular complexity index is 1020. The fraction of sp³-hybridized carbons (Fsp3) is 0.417. The van der Waals surface area contributed by atoms with Crippen molar-refractivity contribution in [2.24, 2.45) is 11.8 Å². The molecular formula is C24H26N2O5. The van der Waals surface area contributed by atoms with Gasteiger partial charge in [0.25, 0.3) is 0 Å². The number of benzene rings is 1. The highest BCUT2D eigenvalue weighted by Crippen LogP contribution is 2.47. The van der Waals surface area contributed by atoms with Crippen molar-refractivity contribution in [2.75, 3.05) is 25.2 Å². The van der Waals surface area contributed by atoms with Crippen molar-refractivity contribution in [3.8, 4) is 11.5 Å². The van der Waals surface area contributed by atoms with Crippen LogP contribution in [0.4, 0.5) is 5.69 Å². The average Bonchev–Trinajstić information content (AvgIpc) is 3.17. The van der Waals surface area contributed by atoms with Gasteiger partial charge in [-0.1, -0.05) is 6.92 Å². The molecule has 2 unspecified atom stereocenters. The van der Waals surface area contributed by atoms with E-state index in [-0.39, 0.29) is 24.5 Å². The van der Waals surface area contributed by atoms with Gasteiger partial charge in [-0.15, -0.1) is 0 Å². The molecule has 0 radical (unpaired) electrons. The van der Waals surface area contributed by atoms with Gasteiger partial charge in [0.1, 0.15) is 11.5 Å². The summed E-state index contributed by atoms with van der Waals surface area (Å²) >= 11 is 0. The Hall–Kier alpha value is -3.22. The third-order valence-electron chi connectivity index (χ3n) is 6.33. The van der Waals surface area contributed by atoms with Gasteiger partial charge < -0.3 is 24.1 Å². The minimum absolute atomic E-state index is 0.0288. The molecule has 0 bridgehead atoms. The summed E-state index contributed by atoms with van der Waals surface area (Å²) in [5.74, 6) is 4.06. The molecule has 3 heterocycles. The summed E-state index contributed by atoms with van der Waals surface area (Å²) in [4.78, 5) is 26.9. The van der Waals surface area contributed by atoms with Crippen LogP contribution in [0, 0.1) is 11.8 Å². The molecule has 0 spiro atoms. The van der Waals surface area contributed by atoms with E-state index in [1.54, 1.807) is 35.3 Å². The molecule has 2 atom stereocenters. The van der Waals surface area contributed by atoms with Gasteiger partial charge in [0.05, 0.1) is 0 Å². The van der Waals surface area contributed by atoms with Crippen molar-refractivity contribution in [3.63, 3.8) is 0 Å². The Morgan fingerprint density at radius 1 is 1.10 bits per heavy atom. The number of hydrogen-bond donors (Lipinski definition) is 1. The Morgan fingerprint density at radius 3 is 2.65 bits per heavy atom. The van der Waals surface area contributed by atoms with Gasteiger partial charge in [0, 0.05) is 42.8 Å². The van der Waals surface area contributed by atoms with Crippen LogP contribution in [-0.4, -0.2) is 36.6 Å². The predicted octanol–water partition coefficient (Wildman–Crippen LogP) is 4.02. The van der Waals surface area contributed by atoms with Crippen molar-refractivity contribution in [3.05, 3.63) is 47.9 Å². The molecule has 1 saturated carbocycles. The molecule has 5 rings (SSSR count). The van der Waals surface area contributed by atoms with Crippen molar-refractivity contribution < 1.29 is 23.5 Å². The number of nitrogens with zero attached hydrogens (tertiary/aromatic N) is 1. The summed E-state index contributed by atoms with van der Waals surface area (Å²) in [6, 6.07) is 9.28. The number of amides is 2. The lowest BCUT2D eigenvalue weighted by Gasteiger charge is -2.30. The maximum absolute atomic E-state index is 12.6. The zero-order valence-corrected chi connectivity index (χ0v) is 17.5. The van der Waals surface area contributed by atoms with Crippen molar-refractivity contribution in [2.45, 2.75) is 32.1 Å². The number of anilines is 1. The van der Waals surface area contributed by atoms with E-state index >= 15 is 0 Å². The predicted molar refractivity (Wildman–Crippen MR) is 115 cm³/mol. The van der Waals surface area contributed by atoms with E-state index in [0.717, 1.165) is 5.76 Å². The number of fused-ring (bicyclic) bond motifs is 1. The quantitative estimate of drug-likeness (QED) is 0.736. The topological polar surface area (TPSA) is 81.0 Å². The van der Waals surface area contributed by atoms with Gasteiger partial charge in [-0.3, -0.25) is 9.59 Å². The van der Waals surface area contributed by atoms with Crippen LogP contribution in [0.1, 0.15) is 43.6 Å². The first kappa shape index (κ1) is 19.7. The summed E-state index contributed by atoms with van der Waals surface area (Å²) < 4.78 is 16.5. The number of nitrogens with one attached hydrogen (secondary N) is 1. The second-order valence-corrected chi connectivity index (χ2v) is 8.55. The maximum Gasteiger partial charge on any atom is 0.246 e. The third kappa shape index (κ3) is 4.31. The lowest BCUT2D eigenvalue weighted by molar-refractivity contribution is -0.130. The van der Waals surface area contributed by atoms with Crippen LogP contribution in [-0.2, 0) is 9.59 Å². The van der Waals surface area contributed by atoms with E-state index in [1.165, 1.54) is 6.42 Å². The lowest BCUT2D eigenvalue weighted by atomic mass is 9.95. The number of likely N-dealkylation sites (tertiary alicyclic amines) is 1. The number of rotatable bonds is 5. The standard InChI is InChI=1S/C24H26N2O5/c1-15-12-19(15)20-6-3-18(31-20)4-7-23(27)26-10-8-16(9-11-26)24(28)25-17-2-5-21-22(13-17)30-14-29-21/h2-7,13,15-16,19H,8-12,14H2,1H3,(H,25,28)/b7-4+. The van der Waals surface area contributed by atoms with Gasteiger partial charge in [0.15, 0.2) is 11.5 Å². The first-order valence-corrected chi connectivity index (χ1v) is 10.8. The van der Waals surface area contributed by atoms with Gasteiger partial charge in [-0.05, 0) is 55.5 Å². The van der Waals surface area contributed by atoms with Crippen LogP contribution in [0.3, 0.4) is 0 Å². The smallest absolute Gasteiger partial charge is 0.246 e. The van der Waals surface area contributed by atoms with Crippen LogP contribution in [0.15, 0.2) is 40.8 Å². The zero-order chi connectivity index (χ0) is 21.4. The number of ether oxygens (including phenoxy) is 2. The highest BCUT2D eigenvalue weighted by molar-refractivity contribution is 5.94. The maximum atomic E-state index is 12.6. The average molecular weight is 422 g/mol. The number of carbonyl (C=O) groups is 2. The zero-order valence-electron chi connectivity index (χ0n) is 17.5. The fourth-order valence-electron chi connectivity index (χ4n) is 4.22. The monoisotopic (exact) mass is 422 g/mol. The molecule has 1 N–H and O–H groups in total. The van der Waals surface area contributed by atoms with Crippen LogP contribution in [0.25, 0.3) is 6.08 Å². The van der Waals surface area contributed by atoms with Gasteiger partial charge in [0.2, 0.25) is 18.6 Å². The minimum atomic E-state index is -0.119. The van der Waals surface area contributed by atoms with Crippen molar-refractivity contribution in [1.29, 1.82) is 0 Å². The lowest BCUT2D eigenvalue weighted by Crippen LogP contribution is -2.40. The van der Waals surface area contributed by atoms with Gasteiger partial charge in [-0.25, -0.2) is 0 Å². The van der Waals surface area contributed by atoms with E-state index in [2.05, 4.69) is 12.2 Å². The molecule has 7 nitrogen and oxygen atoms in total. The van der Waals surface area contributed by atoms with Gasteiger partial charge >= 0.3 is 0 Å². The minimum Gasteiger partial charge on any atom is -0.461 e. The molecule has 162 valence electrons. The Kier molecular flexibility index (Phi) is 5.18. The molecular weight excluding hydrogens is 396 g/mol. The van der Waals surface area contributed by atoms with Crippen molar-refractivity contribution >= 4 is 23.6 Å². The molecule has 2 aromatic rings. The number of furan rings is 1. The Morgan fingerprint density at radius 2 is 1.87 bits per heavy atom. The molecule has 31 heavy (non-hydrogen) atoms. The summed E-state index contributed by atoms with van der Waals surface area (Å²) in [5, 5.41) is 2.95. The highest BCUT2D eigenvalue weighted by atomic mass is 16.7. The van der Waals surface area contributed by atoms with E-state index in [1.807, 2.05) is 12.1 Å². The normalized spacial score (nSPS) is 22.7. The summed E-state index contributed by atoms with van der Waals surface area (Å²) in [5.41, 5.74) is 0.689. The molecule has 1 aliphatic carbocycles. The fourth-order valence-corrected chi connectivity index (χ4v) is 4.22. The number of piperidine rings is 1. The first-order chi connectivity index (χ1) is 15.1. The summed E-state index contributed by atoms with van der Waals surface area (Å²) in [6.45, 7) is 3.54. The molecule has 7 heteroatoms. The molecule has 3 aliphatic rings. The molecule has 2 aliphatic heterocycles. The van der Waals surface area contributed by atoms with E-state index in [4.69, 9.17) is 13.9 Å². The van der Waals surface area contributed by atoms with Crippen LogP contribution in [0.5, 0.6) is 11.5 Å². The molecule has 2 fully saturated rings. The number of hydrogen-bond acceptors (Lipinski definition) is 5. The Balaban J connectivity index is 1.10. The van der Waals surface area contributed by atoms with Crippen LogP contribution < -0.4 is 14.8 Å². The van der Waals surface area contributed by atoms with Crippen LogP contribution >= 0.6 is 0 Å². The largest absolute Gasteiger partial charge is 0.461 e. The SMILES string of the molecule is CC1CC1c1ccc(/C=C/C(=O)N2CCC(C(=O)Nc3ccc4c(c3)OCO4)CC2)o1. The highest BCUT2D eigenvalue weighted by Gasteiger charge is 2.36. The molecule has 2 amide bonds. The van der Waals surface area contributed by atoms with E-state index in [0.29, 0.717) is 60.7 Å². The Labute approximate surface area is 181 Å².